The van der Waals surface area contributed by atoms with Gasteiger partial charge in [-0.15, -0.1) is 0 Å². The molecule has 1 aliphatic heterocycles. The minimum absolute atomic E-state index is 0.0237. The average molecular weight is 404 g/mol. The van der Waals surface area contributed by atoms with Crippen molar-refractivity contribution in [3.63, 3.8) is 0 Å². The number of halogens is 1. The lowest BCUT2D eigenvalue weighted by Gasteiger charge is -2.28. The summed E-state index contributed by atoms with van der Waals surface area (Å²) >= 11 is 0. The van der Waals surface area contributed by atoms with E-state index in [1.165, 1.54) is 30.5 Å². The van der Waals surface area contributed by atoms with E-state index < -0.39 is 11.7 Å². The second kappa shape index (κ2) is 9.53. The van der Waals surface area contributed by atoms with Gasteiger partial charge in [-0.3, -0.25) is 9.69 Å². The van der Waals surface area contributed by atoms with Gasteiger partial charge in [0, 0.05) is 38.9 Å². The third-order valence-corrected chi connectivity index (χ3v) is 4.77. The summed E-state index contributed by atoms with van der Waals surface area (Å²) in [5.74, 6) is -0.645. The number of anilines is 2. The van der Waals surface area contributed by atoms with E-state index in [1.54, 1.807) is 18.9 Å². The summed E-state index contributed by atoms with van der Waals surface area (Å²) in [7, 11) is 1.70. The Morgan fingerprint density at radius 2 is 1.97 bits per heavy atom. The third kappa shape index (κ3) is 5.55. The van der Waals surface area contributed by atoms with E-state index in [2.05, 4.69) is 15.5 Å². The van der Waals surface area contributed by atoms with Crippen LogP contribution < -0.4 is 10.6 Å². The highest BCUT2D eigenvalue weighted by Crippen LogP contribution is 2.21. The summed E-state index contributed by atoms with van der Waals surface area (Å²) in [6, 6.07) is 5.23. The van der Waals surface area contributed by atoms with Crippen molar-refractivity contribution in [3.05, 3.63) is 47.7 Å². The number of carbonyl (C=O) groups excluding carboxylic acids is 2. The van der Waals surface area contributed by atoms with Crippen molar-refractivity contribution in [2.24, 2.45) is 0 Å². The van der Waals surface area contributed by atoms with Gasteiger partial charge in [-0.2, -0.15) is 0 Å². The van der Waals surface area contributed by atoms with Crippen molar-refractivity contribution in [3.8, 4) is 0 Å². The molecule has 0 bridgehead atoms. The molecule has 2 N–H and O–H groups in total. The van der Waals surface area contributed by atoms with Crippen molar-refractivity contribution in [2.75, 3.05) is 57.1 Å². The number of nitrogens with zero attached hydrogens (tertiary/aromatic N) is 2. The van der Waals surface area contributed by atoms with Gasteiger partial charge in [-0.05, 0) is 31.2 Å². The maximum Gasteiger partial charge on any atom is 0.321 e. The predicted octanol–water partition coefficient (Wildman–Crippen LogP) is 2.78. The van der Waals surface area contributed by atoms with Gasteiger partial charge >= 0.3 is 6.03 Å². The molecule has 29 heavy (non-hydrogen) atoms. The molecule has 1 saturated heterocycles. The Kier molecular flexibility index (Phi) is 6.84. The Morgan fingerprint density at radius 3 is 2.66 bits per heavy atom. The molecule has 2 heterocycles. The molecule has 0 atom stereocenters. The lowest BCUT2D eigenvalue weighted by Crippen LogP contribution is -2.42. The molecule has 2 aromatic rings. The van der Waals surface area contributed by atoms with E-state index in [1.807, 2.05) is 0 Å². The van der Waals surface area contributed by atoms with Crippen LogP contribution in [-0.2, 0) is 4.74 Å². The molecule has 3 rings (SSSR count). The van der Waals surface area contributed by atoms with Crippen LogP contribution in [0.2, 0.25) is 0 Å². The first-order chi connectivity index (χ1) is 13.9. The Bertz CT molecular complexity index is 864. The van der Waals surface area contributed by atoms with Crippen molar-refractivity contribution in [1.82, 2.24) is 9.80 Å². The van der Waals surface area contributed by atoms with Crippen molar-refractivity contribution in [1.29, 1.82) is 0 Å². The summed E-state index contributed by atoms with van der Waals surface area (Å²) in [5.41, 5.74) is 0.680. The van der Waals surface area contributed by atoms with Crippen molar-refractivity contribution in [2.45, 2.75) is 6.92 Å². The molecule has 1 aromatic carbocycles. The first-order valence-corrected chi connectivity index (χ1v) is 9.41. The lowest BCUT2D eigenvalue weighted by atomic mass is 10.2. The van der Waals surface area contributed by atoms with Gasteiger partial charge in [0.1, 0.15) is 11.6 Å². The monoisotopic (exact) mass is 404 g/mol. The van der Waals surface area contributed by atoms with Crippen LogP contribution in [0.5, 0.6) is 0 Å². The minimum atomic E-state index is -0.599. The maximum atomic E-state index is 14.1. The van der Waals surface area contributed by atoms with Crippen LogP contribution in [0.1, 0.15) is 16.1 Å². The first-order valence-electron chi connectivity index (χ1n) is 9.41. The summed E-state index contributed by atoms with van der Waals surface area (Å²) < 4.78 is 24.5. The smallest absolute Gasteiger partial charge is 0.321 e. The molecule has 1 fully saturated rings. The van der Waals surface area contributed by atoms with Crippen LogP contribution in [0.4, 0.5) is 20.6 Å². The number of nitrogens with one attached hydrogen (secondary N) is 2. The topological polar surface area (TPSA) is 87.0 Å². The second-order valence-electron chi connectivity index (χ2n) is 6.84. The molecule has 8 nitrogen and oxygen atoms in total. The number of hydrogen-bond donors (Lipinski definition) is 2. The Morgan fingerprint density at radius 1 is 1.21 bits per heavy atom. The molecular weight excluding hydrogens is 379 g/mol. The van der Waals surface area contributed by atoms with Gasteiger partial charge in [-0.25, -0.2) is 9.18 Å². The van der Waals surface area contributed by atoms with E-state index >= 15 is 0 Å². The number of amides is 3. The number of ether oxygens (including phenoxy) is 1. The molecule has 3 amide bonds. The number of hydrogen-bond acceptors (Lipinski definition) is 5. The van der Waals surface area contributed by atoms with Gasteiger partial charge in [0.25, 0.3) is 5.91 Å². The molecular formula is C20H25FN4O4. The van der Waals surface area contributed by atoms with E-state index in [0.717, 1.165) is 19.6 Å². The van der Waals surface area contributed by atoms with Gasteiger partial charge < -0.3 is 24.7 Å². The number of aryl methyl sites for hydroxylation is 1. The first kappa shape index (κ1) is 20.8. The molecule has 156 valence electrons. The summed E-state index contributed by atoms with van der Waals surface area (Å²) in [4.78, 5) is 28.5. The standard InChI is InChI=1S/C20H25FN4O4/c1-14-16(5-10-29-14)19(26)23-18-13-15(3-4-17(18)21)22-20(27)24(2)6-7-25-8-11-28-12-9-25/h3-5,10,13H,6-9,11-12H2,1-2H3,(H,22,27)(H,23,26). The molecule has 0 unspecified atom stereocenters. The molecule has 1 aromatic heterocycles. The van der Waals surface area contributed by atoms with E-state index in [4.69, 9.17) is 9.15 Å². The molecule has 0 saturated carbocycles. The zero-order valence-corrected chi connectivity index (χ0v) is 16.5. The van der Waals surface area contributed by atoms with Gasteiger partial charge in [0.05, 0.1) is 30.7 Å². The van der Waals surface area contributed by atoms with Crippen LogP contribution in [0.25, 0.3) is 0 Å². The average Bonchev–Trinajstić information content (AvgIpc) is 3.15. The van der Waals surface area contributed by atoms with Crippen LogP contribution in [-0.4, -0.2) is 68.2 Å². The van der Waals surface area contributed by atoms with E-state index in [0.29, 0.717) is 36.8 Å². The maximum absolute atomic E-state index is 14.1. The fourth-order valence-corrected chi connectivity index (χ4v) is 2.95. The highest BCUT2D eigenvalue weighted by atomic mass is 19.1. The number of likely N-dealkylation sites (N-methyl/N-ethyl adjacent to an activating group) is 1. The minimum Gasteiger partial charge on any atom is -0.469 e. The number of carbonyl (C=O) groups is 2. The van der Waals surface area contributed by atoms with Crippen molar-refractivity contribution >= 4 is 23.3 Å². The Hall–Kier alpha value is -2.91. The second-order valence-corrected chi connectivity index (χ2v) is 6.84. The van der Waals surface area contributed by atoms with Crippen LogP contribution in [0, 0.1) is 12.7 Å². The lowest BCUT2D eigenvalue weighted by molar-refractivity contribution is 0.0359. The number of urea groups is 1. The predicted molar refractivity (Wildman–Crippen MR) is 107 cm³/mol. The highest BCUT2D eigenvalue weighted by molar-refractivity contribution is 6.05. The molecule has 1 aliphatic rings. The normalized spacial score (nSPS) is 14.4. The fourth-order valence-electron chi connectivity index (χ4n) is 2.95. The van der Waals surface area contributed by atoms with Crippen LogP contribution in [0.15, 0.2) is 34.9 Å². The van der Waals surface area contributed by atoms with E-state index in [-0.39, 0.29) is 11.7 Å². The van der Waals surface area contributed by atoms with Crippen molar-refractivity contribution < 1.29 is 23.1 Å². The van der Waals surface area contributed by atoms with Gasteiger partial charge in [-0.1, -0.05) is 0 Å². The molecule has 9 heteroatoms. The number of furan rings is 1. The highest BCUT2D eigenvalue weighted by Gasteiger charge is 2.16. The number of benzene rings is 1. The van der Waals surface area contributed by atoms with E-state index in [9.17, 15) is 14.0 Å². The Labute approximate surface area is 168 Å². The van der Waals surface area contributed by atoms with Crippen LogP contribution in [0.3, 0.4) is 0 Å². The summed E-state index contributed by atoms with van der Waals surface area (Å²) in [6.45, 7) is 6.07. The zero-order valence-electron chi connectivity index (χ0n) is 16.5. The van der Waals surface area contributed by atoms with Crippen LogP contribution >= 0.6 is 0 Å². The largest absolute Gasteiger partial charge is 0.469 e. The Balaban J connectivity index is 1.57. The van der Waals surface area contributed by atoms with Gasteiger partial charge in [0.15, 0.2) is 0 Å². The third-order valence-electron chi connectivity index (χ3n) is 4.77. The zero-order chi connectivity index (χ0) is 20.8. The van der Waals surface area contributed by atoms with Gasteiger partial charge in [0.2, 0.25) is 0 Å². The molecule has 0 aliphatic carbocycles. The molecule has 0 spiro atoms. The number of morpholine rings is 1. The summed E-state index contributed by atoms with van der Waals surface area (Å²) in [5, 5.41) is 5.23. The quantitative estimate of drug-likeness (QED) is 0.773. The number of rotatable bonds is 6. The summed E-state index contributed by atoms with van der Waals surface area (Å²) in [6.07, 6.45) is 1.39. The molecule has 0 radical (unpaired) electrons. The fraction of sp³-hybridized carbons (Fsp3) is 0.400. The SMILES string of the molecule is Cc1occc1C(=O)Nc1cc(NC(=O)N(C)CCN2CCOCC2)ccc1F.